The van der Waals surface area contributed by atoms with E-state index in [1.54, 1.807) is 0 Å². The predicted molar refractivity (Wildman–Crippen MR) is 242 cm³/mol. The molecule has 0 saturated heterocycles. The third-order valence-electron chi connectivity index (χ3n) is 9.25. The van der Waals surface area contributed by atoms with E-state index in [-0.39, 0.29) is 25.8 Å². The minimum atomic E-state index is -4.29. The molecule has 0 aliphatic rings. The van der Waals surface area contributed by atoms with Crippen molar-refractivity contribution in [3.8, 4) is 0 Å². The molecule has 57 heavy (non-hydrogen) atoms. The summed E-state index contributed by atoms with van der Waals surface area (Å²) >= 11 is 0. The van der Waals surface area contributed by atoms with Gasteiger partial charge < -0.3 is 18.9 Å². The molecule has 2 atom stereocenters. The number of likely N-dealkylation sites (N-methyl/N-ethyl adjacent to an activating group) is 1. The Morgan fingerprint density at radius 2 is 1.02 bits per heavy atom. The van der Waals surface area contributed by atoms with Gasteiger partial charge in [0.2, 0.25) is 0 Å². The third kappa shape index (κ3) is 44.9. The zero-order valence-electron chi connectivity index (χ0n) is 37.3. The molecule has 0 rings (SSSR count). The zero-order valence-corrected chi connectivity index (χ0v) is 38.2. The van der Waals surface area contributed by atoms with Gasteiger partial charge in [-0.15, -0.1) is 0 Å². The first kappa shape index (κ1) is 54.9. The van der Waals surface area contributed by atoms with Gasteiger partial charge in [0.1, 0.15) is 19.3 Å². The van der Waals surface area contributed by atoms with E-state index in [0.717, 1.165) is 89.9 Å². The van der Waals surface area contributed by atoms with Crippen LogP contribution in [0.2, 0.25) is 0 Å². The molecule has 0 saturated carbocycles. The highest BCUT2D eigenvalue weighted by molar-refractivity contribution is 7.47. The van der Waals surface area contributed by atoms with Gasteiger partial charge in [-0.05, 0) is 83.5 Å². The smallest absolute Gasteiger partial charge is 0.457 e. The summed E-state index contributed by atoms with van der Waals surface area (Å²) in [5.74, 6) is -0.334. The molecule has 0 heterocycles. The van der Waals surface area contributed by atoms with Crippen LogP contribution in [0.5, 0.6) is 0 Å². The maximum atomic E-state index is 12.7. The van der Waals surface area contributed by atoms with E-state index in [4.69, 9.17) is 18.5 Å². The van der Waals surface area contributed by atoms with Crippen LogP contribution in [0.4, 0.5) is 0 Å². The Balaban J connectivity index is 4.28. The van der Waals surface area contributed by atoms with E-state index in [1.165, 1.54) is 57.8 Å². The minimum absolute atomic E-state index is 0.0792. The molecule has 9 heteroatoms. The van der Waals surface area contributed by atoms with Crippen LogP contribution in [0, 0.1) is 0 Å². The number of allylic oxidation sites excluding steroid dienone is 12. The highest BCUT2D eigenvalue weighted by atomic mass is 31.2. The van der Waals surface area contributed by atoms with Crippen molar-refractivity contribution in [2.45, 2.75) is 174 Å². The van der Waals surface area contributed by atoms with Crippen LogP contribution in [-0.4, -0.2) is 75.6 Å². The number of rotatable bonds is 41. The number of unbranched alkanes of at least 4 members (excludes halogenated alkanes) is 15. The van der Waals surface area contributed by atoms with E-state index in [0.29, 0.717) is 24.1 Å². The van der Waals surface area contributed by atoms with Crippen LogP contribution in [0.15, 0.2) is 72.9 Å². The Labute approximate surface area is 351 Å². The molecule has 0 bridgehead atoms. The van der Waals surface area contributed by atoms with E-state index in [9.17, 15) is 14.3 Å². The van der Waals surface area contributed by atoms with E-state index < -0.39 is 13.9 Å². The summed E-state index contributed by atoms with van der Waals surface area (Å²) in [6, 6.07) is 0. The Bertz CT molecular complexity index is 1140. The van der Waals surface area contributed by atoms with Crippen molar-refractivity contribution in [2.24, 2.45) is 0 Å². The van der Waals surface area contributed by atoms with Crippen LogP contribution < -0.4 is 0 Å². The van der Waals surface area contributed by atoms with E-state index in [2.05, 4.69) is 86.8 Å². The number of nitrogens with zero attached hydrogens (tertiary/aromatic N) is 1. The molecular weight excluding hydrogens is 734 g/mol. The van der Waals surface area contributed by atoms with Crippen molar-refractivity contribution in [1.82, 2.24) is 0 Å². The predicted octanol–water partition coefficient (Wildman–Crippen LogP) is 13.5. The lowest BCUT2D eigenvalue weighted by Gasteiger charge is -2.24. The summed E-state index contributed by atoms with van der Waals surface area (Å²) in [5.41, 5.74) is 0. The summed E-state index contributed by atoms with van der Waals surface area (Å²) in [6.45, 7) is 5.42. The van der Waals surface area contributed by atoms with Gasteiger partial charge in [0, 0.05) is 13.0 Å². The number of carbonyl (C=O) groups excluding carboxylic acids is 1. The Morgan fingerprint density at radius 3 is 1.53 bits per heavy atom. The molecule has 0 fully saturated rings. The number of quaternary nitrogens is 1. The number of esters is 1. The Kier molecular flexibility index (Phi) is 39.2. The zero-order chi connectivity index (χ0) is 42.0. The molecule has 1 N–H and O–H groups in total. The van der Waals surface area contributed by atoms with Crippen LogP contribution in [0.25, 0.3) is 0 Å². The van der Waals surface area contributed by atoms with Crippen molar-refractivity contribution in [3.05, 3.63) is 72.9 Å². The van der Waals surface area contributed by atoms with Crippen molar-refractivity contribution in [2.75, 3.05) is 54.1 Å². The lowest BCUT2D eigenvalue weighted by molar-refractivity contribution is -0.870. The van der Waals surface area contributed by atoms with E-state index >= 15 is 0 Å². The molecule has 0 aromatic heterocycles. The second-order valence-corrected chi connectivity index (χ2v) is 17.5. The maximum Gasteiger partial charge on any atom is 0.472 e. The van der Waals surface area contributed by atoms with Crippen LogP contribution in [0.1, 0.15) is 168 Å². The van der Waals surface area contributed by atoms with Gasteiger partial charge in [-0.3, -0.25) is 13.8 Å². The fourth-order valence-electron chi connectivity index (χ4n) is 5.75. The van der Waals surface area contributed by atoms with Crippen LogP contribution in [-0.2, 0) is 27.9 Å². The summed E-state index contributed by atoms with van der Waals surface area (Å²) in [5, 5.41) is 0. The molecule has 0 aromatic carbocycles. The first-order valence-electron chi connectivity index (χ1n) is 22.7. The number of phosphoric acid groups is 1. The number of hydrogen-bond donors (Lipinski definition) is 1. The average molecular weight is 821 g/mol. The first-order chi connectivity index (χ1) is 27.6. The largest absolute Gasteiger partial charge is 0.472 e. The number of carbonyl (C=O) groups is 1. The van der Waals surface area contributed by atoms with Gasteiger partial charge in [0.15, 0.2) is 0 Å². The second-order valence-electron chi connectivity index (χ2n) is 16.0. The molecule has 0 aromatic rings. The number of phosphoric ester groups is 1. The Hall–Kier alpha value is -2.06. The molecule has 0 spiro atoms. The quantitative estimate of drug-likeness (QED) is 0.0216. The van der Waals surface area contributed by atoms with Crippen LogP contribution >= 0.6 is 7.82 Å². The van der Waals surface area contributed by atoms with Gasteiger partial charge in [-0.2, -0.15) is 0 Å². The molecular formula is C48H87NO7P+. The van der Waals surface area contributed by atoms with Gasteiger partial charge >= 0.3 is 13.8 Å². The number of ether oxygens (including phenoxy) is 2. The summed E-state index contributed by atoms with van der Waals surface area (Å²) < 4.78 is 35.0. The van der Waals surface area contributed by atoms with Crippen molar-refractivity contribution < 1.29 is 37.3 Å². The van der Waals surface area contributed by atoms with Gasteiger partial charge in [0.25, 0.3) is 0 Å². The number of hydrogen-bond acceptors (Lipinski definition) is 6. The van der Waals surface area contributed by atoms with Crippen molar-refractivity contribution >= 4 is 13.8 Å². The molecule has 330 valence electrons. The highest BCUT2D eigenvalue weighted by Gasteiger charge is 2.26. The summed E-state index contributed by atoms with van der Waals surface area (Å²) in [4.78, 5) is 22.9. The molecule has 0 aliphatic carbocycles. The monoisotopic (exact) mass is 821 g/mol. The minimum Gasteiger partial charge on any atom is -0.457 e. The molecule has 0 amide bonds. The normalized spacial score (nSPS) is 14.4. The van der Waals surface area contributed by atoms with Crippen molar-refractivity contribution in [3.63, 3.8) is 0 Å². The van der Waals surface area contributed by atoms with Gasteiger partial charge in [-0.25, -0.2) is 4.57 Å². The molecule has 0 radical (unpaired) electrons. The van der Waals surface area contributed by atoms with Gasteiger partial charge in [-0.1, -0.05) is 151 Å². The first-order valence-corrected chi connectivity index (χ1v) is 24.2. The topological polar surface area (TPSA) is 91.3 Å². The molecule has 0 aliphatic heterocycles. The summed E-state index contributed by atoms with van der Waals surface area (Å²) in [7, 11) is 1.64. The molecule has 2 unspecified atom stereocenters. The maximum absolute atomic E-state index is 12.7. The highest BCUT2D eigenvalue weighted by Crippen LogP contribution is 2.43. The Morgan fingerprint density at radius 1 is 0.561 bits per heavy atom. The third-order valence-corrected chi connectivity index (χ3v) is 10.2. The fourth-order valence-corrected chi connectivity index (χ4v) is 6.49. The van der Waals surface area contributed by atoms with Crippen LogP contribution in [0.3, 0.4) is 0 Å². The SMILES string of the molecule is CC/C=C\C/C=C\C/C=C\CCCCCCCCOCC(COP(=O)(O)OCC[N+](C)(C)C)OC(=O)CCCCCCCC/C=C\C/C=C\C/C=C\CCCCC. The molecule has 8 nitrogen and oxygen atoms in total. The lowest BCUT2D eigenvalue weighted by atomic mass is 10.1. The van der Waals surface area contributed by atoms with E-state index in [1.807, 2.05) is 21.1 Å². The standard InChI is InChI=1S/C48H86NO7P/c1-6-8-10-12-14-16-18-20-22-24-25-26-27-29-31-33-35-37-39-41-48(50)56-47(46-55-57(51,52)54-44-42-49(3,4)5)45-53-43-40-38-36-34-32-30-28-23-21-19-17-15-13-11-9-7-2/h9,11,14-17,20-23,25-26,47H,6-8,10,12-13,18-19,24,27-46H2,1-5H3/p+1/b11-9-,16-14-,17-15-,22-20-,23-21-,26-25-. The second kappa shape index (κ2) is 40.7. The van der Waals surface area contributed by atoms with Crippen molar-refractivity contribution in [1.29, 1.82) is 0 Å². The summed E-state index contributed by atoms with van der Waals surface area (Å²) in [6.07, 6.45) is 52.2. The fraction of sp³-hybridized carbons (Fsp3) is 0.729. The average Bonchev–Trinajstić information content (AvgIpc) is 3.16. The lowest BCUT2D eigenvalue weighted by Crippen LogP contribution is -2.37. The van der Waals surface area contributed by atoms with Gasteiger partial charge in [0.05, 0.1) is 34.4 Å².